The van der Waals surface area contributed by atoms with Gasteiger partial charge in [-0.3, -0.25) is 4.79 Å². The minimum atomic E-state index is -4.67. The molecule has 0 atom stereocenters. The van der Waals surface area contributed by atoms with Gasteiger partial charge in [0, 0.05) is 18.5 Å². The summed E-state index contributed by atoms with van der Waals surface area (Å²) in [6, 6.07) is 4.52. The van der Waals surface area contributed by atoms with E-state index in [1.807, 2.05) is 0 Å². The summed E-state index contributed by atoms with van der Waals surface area (Å²) < 4.78 is 50.4. The number of esters is 1. The number of carbonyl (C=O) groups is 2. The molecule has 8 nitrogen and oxygen atoms in total. The molecule has 11 heteroatoms. The highest BCUT2D eigenvalue weighted by Crippen LogP contribution is 2.29. The van der Waals surface area contributed by atoms with Gasteiger partial charge in [-0.1, -0.05) is 6.07 Å². The molecule has 0 saturated carbocycles. The van der Waals surface area contributed by atoms with Crippen molar-refractivity contribution in [2.24, 2.45) is 0 Å². The first-order valence-electron chi connectivity index (χ1n) is 8.91. The van der Waals surface area contributed by atoms with E-state index in [-0.39, 0.29) is 30.3 Å². The van der Waals surface area contributed by atoms with Crippen LogP contribution in [-0.4, -0.2) is 39.5 Å². The number of alkyl halides is 3. The minimum absolute atomic E-state index is 0.0577. The molecule has 0 unspecified atom stereocenters. The van der Waals surface area contributed by atoms with Crippen LogP contribution in [0, 0.1) is 0 Å². The molecule has 0 bridgehead atoms. The first kappa shape index (κ1) is 21.1. The van der Waals surface area contributed by atoms with Gasteiger partial charge in [0.2, 0.25) is 0 Å². The molecular weight excluding hydrogens is 405 g/mol. The van der Waals surface area contributed by atoms with Crippen LogP contribution in [0.3, 0.4) is 0 Å². The maximum Gasteiger partial charge on any atom is 0.433 e. The lowest BCUT2D eigenvalue weighted by Gasteiger charge is -2.12. The van der Waals surface area contributed by atoms with Crippen LogP contribution < -0.4 is 10.1 Å². The van der Waals surface area contributed by atoms with Crippen LogP contribution in [-0.2, 0) is 10.9 Å². The number of fused-ring (bicyclic) bond motifs is 1. The zero-order chi connectivity index (χ0) is 21.9. The summed E-state index contributed by atoms with van der Waals surface area (Å²) in [4.78, 5) is 31.9. The number of hydrogen-bond donors (Lipinski definition) is 1. The third-order valence-corrected chi connectivity index (χ3v) is 3.86. The molecule has 3 rings (SSSR count). The van der Waals surface area contributed by atoms with E-state index < -0.39 is 29.4 Å². The molecule has 0 fully saturated rings. The fourth-order valence-electron chi connectivity index (χ4n) is 2.59. The lowest BCUT2D eigenvalue weighted by molar-refractivity contribution is -0.141. The molecule has 0 aliphatic carbocycles. The predicted octanol–water partition coefficient (Wildman–Crippen LogP) is 3.58. The molecule has 3 heterocycles. The Morgan fingerprint density at radius 3 is 2.53 bits per heavy atom. The second-order valence-corrected chi connectivity index (χ2v) is 5.96. The van der Waals surface area contributed by atoms with Crippen LogP contribution in [0.4, 0.5) is 18.9 Å². The van der Waals surface area contributed by atoms with Crippen molar-refractivity contribution in [2.75, 3.05) is 18.5 Å². The van der Waals surface area contributed by atoms with Crippen LogP contribution in [0.25, 0.3) is 5.65 Å². The smallest absolute Gasteiger partial charge is 0.433 e. The highest BCUT2D eigenvalue weighted by molar-refractivity contribution is 6.03. The number of rotatable bonds is 6. The van der Waals surface area contributed by atoms with Crippen molar-refractivity contribution in [1.29, 1.82) is 0 Å². The molecule has 1 amide bonds. The van der Waals surface area contributed by atoms with Gasteiger partial charge >= 0.3 is 12.1 Å². The Labute approximate surface area is 168 Å². The van der Waals surface area contributed by atoms with Gasteiger partial charge < -0.3 is 19.2 Å². The molecule has 0 aliphatic rings. The summed E-state index contributed by atoms with van der Waals surface area (Å²) in [6.45, 7) is 3.82. The maximum absolute atomic E-state index is 12.9. The molecular formula is C19H17F3N4O4. The van der Waals surface area contributed by atoms with E-state index in [2.05, 4.69) is 15.3 Å². The van der Waals surface area contributed by atoms with Crippen LogP contribution in [0.15, 0.2) is 36.7 Å². The Morgan fingerprint density at radius 2 is 1.87 bits per heavy atom. The molecule has 3 aromatic heterocycles. The Balaban J connectivity index is 1.95. The summed E-state index contributed by atoms with van der Waals surface area (Å²) in [6.07, 6.45) is -1.84. The summed E-state index contributed by atoms with van der Waals surface area (Å²) in [5, 5.41) is 2.49. The van der Waals surface area contributed by atoms with Gasteiger partial charge in [0.15, 0.2) is 5.69 Å². The number of amides is 1. The predicted molar refractivity (Wildman–Crippen MR) is 99.5 cm³/mol. The quantitative estimate of drug-likeness (QED) is 0.611. The fourth-order valence-corrected chi connectivity index (χ4v) is 2.59. The van der Waals surface area contributed by atoms with Gasteiger partial charge in [-0.25, -0.2) is 14.8 Å². The van der Waals surface area contributed by atoms with Crippen molar-refractivity contribution in [3.8, 4) is 5.75 Å². The van der Waals surface area contributed by atoms with Crippen molar-refractivity contribution in [3.63, 3.8) is 0 Å². The number of hydrogen-bond acceptors (Lipinski definition) is 6. The number of ether oxygens (including phenoxy) is 2. The first-order valence-corrected chi connectivity index (χ1v) is 8.91. The van der Waals surface area contributed by atoms with Crippen LogP contribution in [0.1, 0.15) is 40.5 Å². The second-order valence-electron chi connectivity index (χ2n) is 5.96. The van der Waals surface area contributed by atoms with E-state index in [9.17, 15) is 22.8 Å². The summed E-state index contributed by atoms with van der Waals surface area (Å²) in [5.41, 5.74) is -1.00. The van der Waals surface area contributed by atoms with E-state index in [1.165, 1.54) is 28.9 Å². The topological polar surface area (TPSA) is 94.8 Å². The lowest BCUT2D eigenvalue weighted by Crippen LogP contribution is -2.17. The van der Waals surface area contributed by atoms with Crippen molar-refractivity contribution in [3.05, 3.63) is 53.7 Å². The standard InChI is InChI=1S/C19H17F3N4O4/c1-3-29-14-8-16-24-13(18(28)30-4-2)10-26(16)9-12(14)25-17(27)11-6-5-7-15(23-11)19(20,21)22/h5-10H,3-4H2,1-2H3,(H,25,27). The number of nitrogens with one attached hydrogen (secondary N) is 1. The minimum Gasteiger partial charge on any atom is -0.491 e. The summed E-state index contributed by atoms with van der Waals surface area (Å²) in [5.74, 6) is -1.24. The normalized spacial score (nSPS) is 11.4. The molecule has 1 N–H and O–H groups in total. The van der Waals surface area contributed by atoms with Crippen LogP contribution in [0.5, 0.6) is 5.75 Å². The average Bonchev–Trinajstić information content (AvgIpc) is 3.11. The molecule has 0 aromatic carbocycles. The zero-order valence-corrected chi connectivity index (χ0v) is 16.0. The molecule has 158 valence electrons. The molecule has 30 heavy (non-hydrogen) atoms. The molecule has 0 aliphatic heterocycles. The number of anilines is 1. The van der Waals surface area contributed by atoms with E-state index >= 15 is 0 Å². The number of imidazole rings is 1. The molecule has 0 spiro atoms. The van der Waals surface area contributed by atoms with Gasteiger partial charge in [0.05, 0.1) is 13.2 Å². The number of carbonyl (C=O) groups excluding carboxylic acids is 2. The summed E-state index contributed by atoms with van der Waals surface area (Å²) in [7, 11) is 0. The molecule has 0 radical (unpaired) electrons. The number of halogens is 3. The molecule has 3 aromatic rings. The molecule has 0 saturated heterocycles. The van der Waals surface area contributed by atoms with Crippen molar-refractivity contribution in [2.45, 2.75) is 20.0 Å². The number of nitrogens with zero attached hydrogens (tertiary/aromatic N) is 3. The highest BCUT2D eigenvalue weighted by Gasteiger charge is 2.33. The maximum atomic E-state index is 12.9. The van der Waals surface area contributed by atoms with E-state index in [4.69, 9.17) is 9.47 Å². The highest BCUT2D eigenvalue weighted by atomic mass is 19.4. The number of pyridine rings is 2. The monoisotopic (exact) mass is 422 g/mol. The zero-order valence-electron chi connectivity index (χ0n) is 16.0. The van der Waals surface area contributed by atoms with Crippen molar-refractivity contribution >= 4 is 23.2 Å². The fraction of sp³-hybridized carbons (Fsp3) is 0.263. The van der Waals surface area contributed by atoms with Crippen molar-refractivity contribution < 1.29 is 32.2 Å². The third-order valence-electron chi connectivity index (χ3n) is 3.86. The Hall–Kier alpha value is -3.63. The summed E-state index contributed by atoms with van der Waals surface area (Å²) >= 11 is 0. The van der Waals surface area contributed by atoms with Crippen LogP contribution in [0.2, 0.25) is 0 Å². The second kappa shape index (κ2) is 8.39. The third kappa shape index (κ3) is 4.50. The van der Waals surface area contributed by atoms with Gasteiger partial charge in [-0.05, 0) is 26.0 Å². The first-order chi connectivity index (χ1) is 14.2. The average molecular weight is 422 g/mol. The van der Waals surface area contributed by atoms with E-state index in [0.717, 1.165) is 12.1 Å². The van der Waals surface area contributed by atoms with Gasteiger partial charge in [0.25, 0.3) is 5.91 Å². The Kier molecular flexibility index (Phi) is 5.90. The van der Waals surface area contributed by atoms with Crippen LogP contribution >= 0.6 is 0 Å². The Bertz CT molecular complexity index is 1100. The largest absolute Gasteiger partial charge is 0.491 e. The Morgan fingerprint density at radius 1 is 1.10 bits per heavy atom. The van der Waals surface area contributed by atoms with E-state index in [1.54, 1.807) is 13.8 Å². The van der Waals surface area contributed by atoms with Gasteiger partial charge in [-0.2, -0.15) is 13.2 Å². The SMILES string of the molecule is CCOC(=O)c1cn2cc(NC(=O)c3cccc(C(F)(F)F)n3)c(OCC)cc2n1. The van der Waals surface area contributed by atoms with Crippen molar-refractivity contribution in [1.82, 2.24) is 14.4 Å². The van der Waals surface area contributed by atoms with Gasteiger partial charge in [-0.15, -0.1) is 0 Å². The number of aromatic nitrogens is 3. The lowest BCUT2D eigenvalue weighted by atomic mass is 10.2. The van der Waals surface area contributed by atoms with E-state index in [0.29, 0.717) is 5.65 Å². The van der Waals surface area contributed by atoms with Gasteiger partial charge in [0.1, 0.15) is 28.5 Å².